The summed E-state index contributed by atoms with van der Waals surface area (Å²) < 4.78 is 5.82. The Balaban J connectivity index is 2.03. The monoisotopic (exact) mass is 272 g/mol. The van der Waals surface area contributed by atoms with Crippen molar-refractivity contribution in [3.05, 3.63) is 51.8 Å². The summed E-state index contributed by atoms with van der Waals surface area (Å²) in [4.78, 5) is 11.0. The third-order valence-corrected chi connectivity index (χ3v) is 3.91. The van der Waals surface area contributed by atoms with Crippen molar-refractivity contribution in [2.45, 2.75) is 24.0 Å². The molecule has 4 nitrogen and oxygen atoms in total. The summed E-state index contributed by atoms with van der Waals surface area (Å²) >= 11 is 1.41. The van der Waals surface area contributed by atoms with Gasteiger partial charge < -0.3 is 4.42 Å². The number of fused-ring (bicyclic) bond motifs is 1. The molecule has 5 heteroatoms. The largest absolute Gasteiger partial charge is 0.449 e. The molecule has 0 unspecified atom stereocenters. The number of hydrogen-bond acceptors (Lipinski definition) is 4. The van der Waals surface area contributed by atoms with Gasteiger partial charge in [0.25, 0.3) is 5.56 Å². The molecule has 0 saturated carbocycles. The van der Waals surface area contributed by atoms with E-state index in [9.17, 15) is 4.79 Å². The number of benzene rings is 1. The second-order valence-electron chi connectivity index (χ2n) is 4.38. The molecule has 0 spiro atoms. The molecule has 3 aromatic rings. The molecule has 0 atom stereocenters. The van der Waals surface area contributed by atoms with E-state index in [1.165, 1.54) is 23.4 Å². The summed E-state index contributed by atoms with van der Waals surface area (Å²) in [7, 11) is 0. The molecule has 0 radical (unpaired) electrons. The third kappa shape index (κ3) is 2.29. The molecule has 1 aromatic carbocycles. The Morgan fingerprint density at radius 3 is 2.79 bits per heavy atom. The number of aromatic nitrogens is 2. The van der Waals surface area contributed by atoms with Gasteiger partial charge in [0.05, 0.1) is 0 Å². The second-order valence-corrected chi connectivity index (χ2v) is 5.37. The van der Waals surface area contributed by atoms with Gasteiger partial charge in [-0.05, 0) is 43.8 Å². The van der Waals surface area contributed by atoms with Crippen molar-refractivity contribution in [2.24, 2.45) is 0 Å². The maximum Gasteiger partial charge on any atom is 0.264 e. The van der Waals surface area contributed by atoms with E-state index in [4.69, 9.17) is 4.42 Å². The molecule has 0 saturated heterocycles. The van der Waals surface area contributed by atoms with Crippen LogP contribution < -0.4 is 5.56 Å². The zero-order valence-electron chi connectivity index (χ0n) is 10.6. The van der Waals surface area contributed by atoms with Crippen LogP contribution in [0.4, 0.5) is 0 Å². The standard InChI is InChI=1S/C14H12N2O2S/c1-8-3-4-11-10(7-8)9(2)14(18-11)19-13-6-5-12(17)15-16-13/h3-7H,1-2H3,(H,15,17). The third-order valence-electron chi connectivity index (χ3n) is 2.90. The Bertz CT molecular complexity index is 784. The van der Waals surface area contributed by atoms with Gasteiger partial charge >= 0.3 is 0 Å². The lowest BCUT2D eigenvalue weighted by molar-refractivity contribution is 0.509. The quantitative estimate of drug-likeness (QED) is 0.777. The van der Waals surface area contributed by atoms with Crippen LogP contribution in [0.25, 0.3) is 11.0 Å². The van der Waals surface area contributed by atoms with E-state index in [1.54, 1.807) is 6.07 Å². The molecular formula is C14H12N2O2S. The Morgan fingerprint density at radius 2 is 2.05 bits per heavy atom. The van der Waals surface area contributed by atoms with Gasteiger partial charge in [-0.2, -0.15) is 5.10 Å². The number of rotatable bonds is 2. The van der Waals surface area contributed by atoms with Crippen LogP contribution >= 0.6 is 11.8 Å². The lowest BCUT2D eigenvalue weighted by Crippen LogP contribution is -2.04. The second kappa shape index (κ2) is 4.59. The van der Waals surface area contributed by atoms with Gasteiger partial charge in [-0.3, -0.25) is 4.79 Å². The van der Waals surface area contributed by atoms with Crippen LogP contribution in [0.5, 0.6) is 0 Å². The van der Waals surface area contributed by atoms with Crippen molar-refractivity contribution in [1.82, 2.24) is 10.2 Å². The van der Waals surface area contributed by atoms with Crippen LogP contribution in [0.2, 0.25) is 0 Å². The summed E-state index contributed by atoms with van der Waals surface area (Å²) in [5.74, 6) is 0. The first-order valence-electron chi connectivity index (χ1n) is 5.87. The normalized spacial score (nSPS) is 11.1. The highest BCUT2D eigenvalue weighted by Crippen LogP contribution is 2.35. The smallest absolute Gasteiger partial charge is 0.264 e. The molecule has 1 N–H and O–H groups in total. The lowest BCUT2D eigenvalue weighted by atomic mass is 10.1. The summed E-state index contributed by atoms with van der Waals surface area (Å²) in [5, 5.41) is 9.01. The first kappa shape index (κ1) is 12.0. The van der Waals surface area contributed by atoms with E-state index in [1.807, 2.05) is 19.1 Å². The molecule has 0 amide bonds. The van der Waals surface area contributed by atoms with Crippen molar-refractivity contribution in [3.63, 3.8) is 0 Å². The number of nitrogens with zero attached hydrogens (tertiary/aromatic N) is 1. The fourth-order valence-electron chi connectivity index (χ4n) is 1.89. The predicted octanol–water partition coefficient (Wildman–Crippen LogP) is 3.28. The highest BCUT2D eigenvalue weighted by atomic mass is 32.2. The number of hydrogen-bond donors (Lipinski definition) is 1. The zero-order valence-corrected chi connectivity index (χ0v) is 11.4. The molecule has 0 aliphatic heterocycles. The zero-order chi connectivity index (χ0) is 13.4. The molecule has 3 rings (SSSR count). The minimum atomic E-state index is -0.207. The average Bonchev–Trinajstić information content (AvgIpc) is 2.70. The van der Waals surface area contributed by atoms with Gasteiger partial charge in [0.2, 0.25) is 0 Å². The van der Waals surface area contributed by atoms with Crippen LogP contribution in [0.15, 0.2) is 49.7 Å². The summed E-state index contributed by atoms with van der Waals surface area (Å²) in [5.41, 5.74) is 2.96. The summed E-state index contributed by atoms with van der Waals surface area (Å²) in [6, 6.07) is 9.25. The van der Waals surface area contributed by atoms with Gasteiger partial charge in [0, 0.05) is 17.0 Å². The number of nitrogens with one attached hydrogen (secondary N) is 1. The lowest BCUT2D eigenvalue weighted by Gasteiger charge is -1.96. The van der Waals surface area contributed by atoms with Crippen molar-refractivity contribution in [1.29, 1.82) is 0 Å². The van der Waals surface area contributed by atoms with E-state index >= 15 is 0 Å². The van der Waals surface area contributed by atoms with E-state index in [-0.39, 0.29) is 5.56 Å². The van der Waals surface area contributed by atoms with Crippen LogP contribution in [0.3, 0.4) is 0 Å². The highest BCUT2D eigenvalue weighted by Gasteiger charge is 2.12. The Labute approximate surface area is 113 Å². The molecule has 0 bridgehead atoms. The summed E-state index contributed by atoms with van der Waals surface area (Å²) in [6.07, 6.45) is 0. The highest BCUT2D eigenvalue weighted by molar-refractivity contribution is 7.99. The molecule has 0 fully saturated rings. The van der Waals surface area contributed by atoms with Crippen molar-refractivity contribution in [3.8, 4) is 0 Å². The predicted molar refractivity (Wildman–Crippen MR) is 74.7 cm³/mol. The average molecular weight is 272 g/mol. The topological polar surface area (TPSA) is 58.9 Å². The van der Waals surface area contributed by atoms with Crippen molar-refractivity contribution < 1.29 is 4.42 Å². The van der Waals surface area contributed by atoms with E-state index in [2.05, 4.69) is 23.2 Å². The van der Waals surface area contributed by atoms with Crippen LogP contribution in [-0.4, -0.2) is 10.2 Å². The molecule has 96 valence electrons. The molecule has 0 aliphatic carbocycles. The summed E-state index contributed by atoms with van der Waals surface area (Å²) in [6.45, 7) is 4.08. The first-order valence-corrected chi connectivity index (χ1v) is 6.68. The SMILES string of the molecule is Cc1ccc2oc(Sc3ccc(=O)[nH]n3)c(C)c2c1. The van der Waals surface area contributed by atoms with E-state index in [0.717, 1.165) is 21.6 Å². The Morgan fingerprint density at radius 1 is 1.21 bits per heavy atom. The van der Waals surface area contributed by atoms with Gasteiger partial charge in [-0.15, -0.1) is 0 Å². The molecule has 2 aromatic heterocycles. The number of furan rings is 1. The minimum absolute atomic E-state index is 0.207. The van der Waals surface area contributed by atoms with E-state index < -0.39 is 0 Å². The minimum Gasteiger partial charge on any atom is -0.449 e. The van der Waals surface area contributed by atoms with Gasteiger partial charge in [0.15, 0.2) is 5.09 Å². The maximum atomic E-state index is 11.0. The van der Waals surface area contributed by atoms with Crippen molar-refractivity contribution in [2.75, 3.05) is 0 Å². The van der Waals surface area contributed by atoms with Crippen molar-refractivity contribution >= 4 is 22.7 Å². The molecule has 2 heterocycles. The Hall–Kier alpha value is -2.01. The fourth-order valence-corrected chi connectivity index (χ4v) is 2.70. The molecule has 19 heavy (non-hydrogen) atoms. The molecular weight excluding hydrogens is 260 g/mol. The number of H-pyrrole nitrogens is 1. The van der Waals surface area contributed by atoms with Crippen LogP contribution in [0.1, 0.15) is 11.1 Å². The maximum absolute atomic E-state index is 11.0. The van der Waals surface area contributed by atoms with Gasteiger partial charge in [-0.25, -0.2) is 5.10 Å². The van der Waals surface area contributed by atoms with Gasteiger partial charge in [0.1, 0.15) is 10.6 Å². The first-order chi connectivity index (χ1) is 9.13. The Kier molecular flexibility index (Phi) is 2.91. The van der Waals surface area contributed by atoms with Crippen LogP contribution in [0, 0.1) is 13.8 Å². The van der Waals surface area contributed by atoms with Crippen LogP contribution in [-0.2, 0) is 0 Å². The fraction of sp³-hybridized carbons (Fsp3) is 0.143. The number of aryl methyl sites for hydroxylation is 2. The molecule has 0 aliphatic rings. The number of aromatic amines is 1. The van der Waals surface area contributed by atoms with E-state index in [0.29, 0.717) is 5.03 Å². The van der Waals surface area contributed by atoms with Gasteiger partial charge in [-0.1, -0.05) is 11.6 Å².